The number of rotatable bonds is 9. The molecular formula is C24H19N3O3S2. The molecule has 8 heteroatoms. The second-order valence-electron chi connectivity index (χ2n) is 6.70. The standard InChI is InChI=1S/C24H19N3O3S2/c28-21(25-23-26-27-24(32-23)31-16-17-7-3-1-4-8-17)15-30-20-13-11-19(12-14-20)22(29)18-9-5-2-6-10-18/h1-14H,15-16H2,(H,25,26,28). The zero-order valence-corrected chi connectivity index (χ0v) is 18.6. The maximum absolute atomic E-state index is 12.4. The lowest BCUT2D eigenvalue weighted by molar-refractivity contribution is -0.118. The Balaban J connectivity index is 1.24. The molecule has 32 heavy (non-hydrogen) atoms. The number of ketones is 1. The molecule has 1 aromatic heterocycles. The number of benzene rings is 3. The molecule has 0 aliphatic rings. The van der Waals surface area contributed by atoms with Gasteiger partial charge in [-0.15, -0.1) is 10.2 Å². The van der Waals surface area contributed by atoms with Gasteiger partial charge in [-0.2, -0.15) is 0 Å². The van der Waals surface area contributed by atoms with Crippen LogP contribution in [0.15, 0.2) is 89.3 Å². The molecule has 0 atom stereocenters. The first-order chi connectivity index (χ1) is 15.7. The normalized spacial score (nSPS) is 10.5. The van der Waals surface area contributed by atoms with Crippen LogP contribution in [0.1, 0.15) is 21.5 Å². The zero-order valence-electron chi connectivity index (χ0n) is 16.9. The molecule has 1 heterocycles. The van der Waals surface area contributed by atoms with E-state index in [1.54, 1.807) is 48.2 Å². The molecule has 0 radical (unpaired) electrons. The van der Waals surface area contributed by atoms with Gasteiger partial charge >= 0.3 is 0 Å². The number of aromatic nitrogens is 2. The van der Waals surface area contributed by atoms with Crippen molar-refractivity contribution >= 4 is 39.9 Å². The fourth-order valence-electron chi connectivity index (χ4n) is 2.80. The van der Waals surface area contributed by atoms with Crippen LogP contribution in [0, 0.1) is 0 Å². The molecular weight excluding hydrogens is 442 g/mol. The fraction of sp³-hybridized carbons (Fsp3) is 0.0833. The number of carbonyl (C=O) groups is 2. The van der Waals surface area contributed by atoms with E-state index in [2.05, 4.69) is 27.6 Å². The van der Waals surface area contributed by atoms with E-state index >= 15 is 0 Å². The van der Waals surface area contributed by atoms with E-state index in [1.165, 1.54) is 16.9 Å². The molecule has 0 saturated carbocycles. The van der Waals surface area contributed by atoms with Gasteiger partial charge in [-0.1, -0.05) is 83.8 Å². The summed E-state index contributed by atoms with van der Waals surface area (Å²) in [5.41, 5.74) is 2.38. The van der Waals surface area contributed by atoms with Gasteiger partial charge in [0.2, 0.25) is 5.13 Å². The van der Waals surface area contributed by atoms with Gasteiger partial charge < -0.3 is 4.74 Å². The number of nitrogens with one attached hydrogen (secondary N) is 1. The van der Waals surface area contributed by atoms with Crippen LogP contribution in [-0.4, -0.2) is 28.5 Å². The van der Waals surface area contributed by atoms with Crippen LogP contribution in [0.25, 0.3) is 0 Å². The van der Waals surface area contributed by atoms with Crippen molar-refractivity contribution in [2.75, 3.05) is 11.9 Å². The van der Waals surface area contributed by atoms with Crippen LogP contribution < -0.4 is 10.1 Å². The highest BCUT2D eigenvalue weighted by molar-refractivity contribution is 8.00. The lowest BCUT2D eigenvalue weighted by atomic mass is 10.0. The molecule has 0 spiro atoms. The molecule has 0 unspecified atom stereocenters. The van der Waals surface area contributed by atoms with Gasteiger partial charge in [0.25, 0.3) is 5.91 Å². The quantitative estimate of drug-likeness (QED) is 0.213. The van der Waals surface area contributed by atoms with Crippen LogP contribution in [0.3, 0.4) is 0 Å². The summed E-state index contributed by atoms with van der Waals surface area (Å²) in [7, 11) is 0. The Morgan fingerprint density at radius 2 is 1.50 bits per heavy atom. The average Bonchev–Trinajstić information content (AvgIpc) is 3.29. The minimum Gasteiger partial charge on any atom is -0.484 e. The van der Waals surface area contributed by atoms with Crippen molar-refractivity contribution in [1.82, 2.24) is 10.2 Å². The Morgan fingerprint density at radius 1 is 0.844 bits per heavy atom. The summed E-state index contributed by atoms with van der Waals surface area (Å²) < 4.78 is 6.30. The van der Waals surface area contributed by atoms with Gasteiger partial charge in [0.1, 0.15) is 5.75 Å². The Hall–Kier alpha value is -3.49. The number of hydrogen-bond acceptors (Lipinski definition) is 7. The van der Waals surface area contributed by atoms with Crippen molar-refractivity contribution < 1.29 is 14.3 Å². The lowest BCUT2D eigenvalue weighted by Gasteiger charge is -2.07. The molecule has 3 aromatic carbocycles. The van der Waals surface area contributed by atoms with Crippen molar-refractivity contribution in [2.24, 2.45) is 0 Å². The van der Waals surface area contributed by atoms with Crippen molar-refractivity contribution in [1.29, 1.82) is 0 Å². The third-order valence-corrected chi connectivity index (χ3v) is 6.42. The molecule has 0 aliphatic carbocycles. The fourth-order valence-corrected chi connectivity index (χ4v) is 4.52. The van der Waals surface area contributed by atoms with E-state index in [4.69, 9.17) is 4.74 Å². The molecule has 1 N–H and O–H groups in total. The highest BCUT2D eigenvalue weighted by atomic mass is 32.2. The maximum atomic E-state index is 12.4. The van der Waals surface area contributed by atoms with Crippen molar-refractivity contribution in [3.63, 3.8) is 0 Å². The van der Waals surface area contributed by atoms with E-state index in [0.29, 0.717) is 22.0 Å². The smallest absolute Gasteiger partial charge is 0.264 e. The van der Waals surface area contributed by atoms with E-state index in [0.717, 1.165) is 10.1 Å². The van der Waals surface area contributed by atoms with Crippen molar-refractivity contribution in [2.45, 2.75) is 10.1 Å². The number of nitrogens with zero attached hydrogens (tertiary/aromatic N) is 2. The summed E-state index contributed by atoms with van der Waals surface area (Å²) in [5, 5.41) is 11.2. The topological polar surface area (TPSA) is 81.2 Å². The number of amides is 1. The van der Waals surface area contributed by atoms with Gasteiger partial charge in [0.05, 0.1) is 0 Å². The predicted molar refractivity (Wildman–Crippen MR) is 126 cm³/mol. The molecule has 6 nitrogen and oxygen atoms in total. The van der Waals surface area contributed by atoms with E-state index < -0.39 is 0 Å². The third kappa shape index (κ3) is 6.03. The minimum atomic E-state index is -0.329. The van der Waals surface area contributed by atoms with Crippen molar-refractivity contribution in [3.05, 3.63) is 102 Å². The summed E-state index contributed by atoms with van der Waals surface area (Å²) in [6, 6.07) is 25.9. The van der Waals surface area contributed by atoms with E-state index in [9.17, 15) is 9.59 Å². The molecule has 160 valence electrons. The first-order valence-corrected chi connectivity index (χ1v) is 11.6. The minimum absolute atomic E-state index is 0.0629. The Morgan fingerprint density at radius 3 is 2.22 bits per heavy atom. The molecule has 4 aromatic rings. The molecule has 4 rings (SSSR count). The maximum Gasteiger partial charge on any atom is 0.264 e. The third-order valence-electron chi connectivity index (χ3n) is 4.38. The Bertz CT molecular complexity index is 1180. The van der Waals surface area contributed by atoms with Crippen LogP contribution >= 0.6 is 23.1 Å². The number of hydrogen-bond donors (Lipinski definition) is 1. The predicted octanol–water partition coefficient (Wildman–Crippen LogP) is 5.08. The molecule has 0 aliphatic heterocycles. The summed E-state index contributed by atoms with van der Waals surface area (Å²) in [6.07, 6.45) is 0. The number of ether oxygens (including phenoxy) is 1. The first-order valence-electron chi connectivity index (χ1n) is 9.80. The van der Waals surface area contributed by atoms with Gasteiger partial charge in [0, 0.05) is 16.9 Å². The van der Waals surface area contributed by atoms with Crippen molar-refractivity contribution in [3.8, 4) is 5.75 Å². The van der Waals surface area contributed by atoms with Gasteiger partial charge in [0.15, 0.2) is 16.7 Å². The monoisotopic (exact) mass is 461 g/mol. The molecule has 0 bridgehead atoms. The highest BCUT2D eigenvalue weighted by Crippen LogP contribution is 2.28. The average molecular weight is 462 g/mol. The summed E-state index contributed by atoms with van der Waals surface area (Å²) in [5.74, 6) is 0.897. The van der Waals surface area contributed by atoms with Crippen LogP contribution in [0.5, 0.6) is 5.75 Å². The van der Waals surface area contributed by atoms with Crippen LogP contribution in [0.2, 0.25) is 0 Å². The molecule has 0 fully saturated rings. The second-order valence-corrected chi connectivity index (χ2v) is 8.90. The number of anilines is 1. The Labute approximate surface area is 193 Å². The largest absolute Gasteiger partial charge is 0.484 e. The number of thioether (sulfide) groups is 1. The molecule has 1 amide bonds. The number of carbonyl (C=O) groups excluding carboxylic acids is 2. The van der Waals surface area contributed by atoms with Crippen LogP contribution in [0.4, 0.5) is 5.13 Å². The SMILES string of the molecule is O=C(COc1ccc(C(=O)c2ccccc2)cc1)Nc1nnc(SCc2ccccc2)s1. The highest BCUT2D eigenvalue weighted by Gasteiger charge is 2.11. The second kappa shape index (κ2) is 10.7. The van der Waals surface area contributed by atoms with Gasteiger partial charge in [-0.3, -0.25) is 14.9 Å². The Kier molecular flexibility index (Phi) is 7.27. The van der Waals surface area contributed by atoms with E-state index in [-0.39, 0.29) is 18.3 Å². The zero-order chi connectivity index (χ0) is 22.2. The van der Waals surface area contributed by atoms with Gasteiger partial charge in [-0.05, 0) is 29.8 Å². The summed E-state index contributed by atoms with van der Waals surface area (Å²) in [6.45, 7) is -0.169. The van der Waals surface area contributed by atoms with Crippen LogP contribution in [-0.2, 0) is 10.5 Å². The first kappa shape index (κ1) is 21.7. The summed E-state index contributed by atoms with van der Waals surface area (Å²) in [4.78, 5) is 24.6. The van der Waals surface area contributed by atoms with E-state index in [1.807, 2.05) is 36.4 Å². The molecule has 0 saturated heterocycles. The van der Waals surface area contributed by atoms with Gasteiger partial charge in [-0.25, -0.2) is 0 Å². The summed E-state index contributed by atoms with van der Waals surface area (Å²) >= 11 is 2.89. The lowest BCUT2D eigenvalue weighted by Crippen LogP contribution is -2.20.